The van der Waals surface area contributed by atoms with Gasteiger partial charge in [0.05, 0.1) is 5.69 Å². The predicted octanol–water partition coefficient (Wildman–Crippen LogP) is 3.25. The van der Waals surface area contributed by atoms with Gasteiger partial charge in [-0.3, -0.25) is 4.79 Å². The summed E-state index contributed by atoms with van der Waals surface area (Å²) in [6.07, 6.45) is 0. The highest BCUT2D eigenvalue weighted by atomic mass is 35.5. The van der Waals surface area contributed by atoms with E-state index in [1.165, 1.54) is 18.2 Å². The summed E-state index contributed by atoms with van der Waals surface area (Å²) in [6, 6.07) is 5.77. The van der Waals surface area contributed by atoms with Crippen LogP contribution in [-0.2, 0) is 4.79 Å². The summed E-state index contributed by atoms with van der Waals surface area (Å²) in [5, 5.41) is 2.44. The molecular weight excluding hydrogens is 301 g/mol. The number of nitrogens with two attached hydrogens (primary N) is 1. The van der Waals surface area contributed by atoms with Gasteiger partial charge in [-0.15, -0.1) is 12.4 Å². The van der Waals surface area contributed by atoms with Crippen molar-refractivity contribution in [2.75, 3.05) is 11.9 Å². The normalized spacial score (nSPS) is 12.5. The molecule has 3 N–H and O–H groups in total. The van der Waals surface area contributed by atoms with Crippen LogP contribution in [0.25, 0.3) is 0 Å². The molecule has 1 aromatic rings. The molecule has 0 spiro atoms. The lowest BCUT2D eigenvalue weighted by atomic mass is 10.1. The van der Waals surface area contributed by atoms with Crippen molar-refractivity contribution < 1.29 is 18.0 Å². The number of nitrogens with one attached hydrogen (secondary N) is 1. The molecule has 1 amide bonds. The van der Waals surface area contributed by atoms with E-state index in [1.807, 2.05) is 0 Å². The lowest BCUT2D eigenvalue weighted by Crippen LogP contribution is -2.26. The smallest absolute Gasteiger partial charge is 0.330 e. The third-order valence-electron chi connectivity index (χ3n) is 2.17. The Morgan fingerprint density at radius 2 is 2.00 bits per heavy atom. The molecule has 1 unspecified atom stereocenters. The number of carbonyl (C=O) groups excluding carboxylic acids is 1. The minimum absolute atomic E-state index is 0. The van der Waals surface area contributed by atoms with Crippen LogP contribution in [0.2, 0.25) is 0 Å². The van der Waals surface area contributed by atoms with Crippen molar-refractivity contribution in [2.45, 2.75) is 17.3 Å². The number of thioether (sulfide) groups is 1. The molecule has 108 valence electrons. The summed E-state index contributed by atoms with van der Waals surface area (Å²) in [5.74, 6) is -0.846. The highest BCUT2D eigenvalue weighted by Crippen LogP contribution is 2.40. The minimum Gasteiger partial charge on any atom is -0.330 e. The van der Waals surface area contributed by atoms with Crippen LogP contribution in [-0.4, -0.2) is 18.0 Å². The zero-order valence-corrected chi connectivity index (χ0v) is 11.7. The van der Waals surface area contributed by atoms with Gasteiger partial charge in [0.1, 0.15) is 0 Å². The SMILES string of the molecule is CC(CN)C(=O)Nc1ccccc1SC(F)(F)F.Cl. The summed E-state index contributed by atoms with van der Waals surface area (Å²) in [4.78, 5) is 11.5. The van der Waals surface area contributed by atoms with E-state index in [-0.39, 0.29) is 41.3 Å². The van der Waals surface area contributed by atoms with Gasteiger partial charge in [-0.2, -0.15) is 13.2 Å². The van der Waals surface area contributed by atoms with E-state index in [2.05, 4.69) is 5.32 Å². The zero-order chi connectivity index (χ0) is 13.8. The highest BCUT2D eigenvalue weighted by Gasteiger charge is 2.30. The number of hydrogen-bond donors (Lipinski definition) is 2. The molecule has 0 aliphatic carbocycles. The quantitative estimate of drug-likeness (QED) is 0.839. The molecule has 1 rings (SSSR count). The van der Waals surface area contributed by atoms with Crippen molar-refractivity contribution >= 4 is 35.8 Å². The number of rotatable bonds is 4. The number of hydrogen-bond acceptors (Lipinski definition) is 3. The second-order valence-electron chi connectivity index (χ2n) is 3.67. The van der Waals surface area contributed by atoms with E-state index in [0.717, 1.165) is 0 Å². The molecule has 0 fully saturated rings. The van der Waals surface area contributed by atoms with Crippen molar-refractivity contribution in [3.8, 4) is 0 Å². The third kappa shape index (κ3) is 6.17. The van der Waals surface area contributed by atoms with Crippen molar-refractivity contribution in [1.29, 1.82) is 0 Å². The van der Waals surface area contributed by atoms with Crippen LogP contribution in [0.15, 0.2) is 29.2 Å². The van der Waals surface area contributed by atoms with Crippen molar-refractivity contribution in [3.05, 3.63) is 24.3 Å². The Bertz CT molecular complexity index is 429. The number of amides is 1. The van der Waals surface area contributed by atoms with Gasteiger partial charge in [-0.25, -0.2) is 0 Å². The third-order valence-corrected chi connectivity index (χ3v) is 2.98. The van der Waals surface area contributed by atoms with Gasteiger partial charge in [0.25, 0.3) is 0 Å². The van der Waals surface area contributed by atoms with Crippen molar-refractivity contribution in [3.63, 3.8) is 0 Å². The maximum absolute atomic E-state index is 12.3. The first-order chi connectivity index (χ1) is 8.33. The first-order valence-corrected chi connectivity index (χ1v) is 6.01. The molecule has 0 radical (unpaired) electrons. The summed E-state index contributed by atoms with van der Waals surface area (Å²) in [5.41, 5.74) is 1.08. The van der Waals surface area contributed by atoms with Crippen molar-refractivity contribution in [2.24, 2.45) is 11.7 Å². The number of carbonyl (C=O) groups is 1. The number of alkyl halides is 3. The molecule has 8 heteroatoms. The number of benzene rings is 1. The molecule has 3 nitrogen and oxygen atoms in total. The van der Waals surface area contributed by atoms with Crippen LogP contribution in [0.1, 0.15) is 6.92 Å². The van der Waals surface area contributed by atoms with Crippen LogP contribution >= 0.6 is 24.2 Å². The largest absolute Gasteiger partial charge is 0.446 e. The average molecular weight is 315 g/mol. The monoisotopic (exact) mass is 314 g/mol. The maximum atomic E-state index is 12.3. The fourth-order valence-corrected chi connectivity index (χ4v) is 1.77. The first-order valence-electron chi connectivity index (χ1n) is 5.19. The highest BCUT2D eigenvalue weighted by molar-refractivity contribution is 8.00. The van der Waals surface area contributed by atoms with E-state index in [9.17, 15) is 18.0 Å². The molecule has 19 heavy (non-hydrogen) atoms. The Labute approximate surface area is 119 Å². The number of anilines is 1. The Balaban J connectivity index is 0.00000324. The average Bonchev–Trinajstić information content (AvgIpc) is 2.28. The molecular formula is C11H14ClF3N2OS. The van der Waals surface area contributed by atoms with E-state index < -0.39 is 17.3 Å². The van der Waals surface area contributed by atoms with Crippen molar-refractivity contribution in [1.82, 2.24) is 0 Å². The van der Waals surface area contributed by atoms with Gasteiger partial charge in [-0.05, 0) is 23.9 Å². The van der Waals surface area contributed by atoms with Crippen LogP contribution < -0.4 is 11.1 Å². The Morgan fingerprint density at radius 3 is 2.53 bits per heavy atom. The number of para-hydroxylation sites is 1. The second-order valence-corrected chi connectivity index (χ2v) is 4.78. The summed E-state index contributed by atoms with van der Waals surface area (Å²) in [7, 11) is 0. The molecule has 0 heterocycles. The standard InChI is InChI=1S/C11H13F3N2OS.ClH/c1-7(6-15)10(17)16-8-4-2-3-5-9(8)18-11(12,13)14;/h2-5,7H,6,15H2,1H3,(H,16,17);1H. The van der Waals surface area contributed by atoms with Crippen LogP contribution in [0.4, 0.5) is 18.9 Å². The second kappa shape index (κ2) is 7.62. The van der Waals surface area contributed by atoms with E-state index >= 15 is 0 Å². The van der Waals surface area contributed by atoms with Gasteiger partial charge < -0.3 is 11.1 Å². The molecule has 0 aliphatic heterocycles. The fourth-order valence-electron chi connectivity index (χ4n) is 1.15. The Morgan fingerprint density at radius 1 is 1.42 bits per heavy atom. The van der Waals surface area contributed by atoms with Crippen LogP contribution in [0.3, 0.4) is 0 Å². The molecule has 1 aromatic carbocycles. The van der Waals surface area contributed by atoms with Gasteiger partial charge in [-0.1, -0.05) is 19.1 Å². The first kappa shape index (κ1) is 18.1. The van der Waals surface area contributed by atoms with E-state index in [0.29, 0.717) is 0 Å². The zero-order valence-electron chi connectivity index (χ0n) is 10.0. The molecule has 1 atom stereocenters. The van der Waals surface area contributed by atoms with E-state index in [1.54, 1.807) is 13.0 Å². The fraction of sp³-hybridized carbons (Fsp3) is 0.364. The summed E-state index contributed by atoms with van der Waals surface area (Å²) < 4.78 is 36.9. The van der Waals surface area contributed by atoms with Gasteiger partial charge >= 0.3 is 5.51 Å². The predicted molar refractivity (Wildman–Crippen MR) is 72.5 cm³/mol. The van der Waals surface area contributed by atoms with Crippen LogP contribution in [0.5, 0.6) is 0 Å². The van der Waals surface area contributed by atoms with Gasteiger partial charge in [0, 0.05) is 17.4 Å². The Kier molecular flexibility index (Phi) is 7.25. The summed E-state index contributed by atoms with van der Waals surface area (Å²) >= 11 is -0.257. The molecule has 0 aliphatic rings. The molecule has 0 bridgehead atoms. The lowest BCUT2D eigenvalue weighted by Gasteiger charge is -2.14. The lowest BCUT2D eigenvalue weighted by molar-refractivity contribution is -0.119. The topological polar surface area (TPSA) is 55.1 Å². The number of halogens is 4. The summed E-state index contributed by atoms with van der Waals surface area (Å²) in [6.45, 7) is 1.75. The van der Waals surface area contributed by atoms with Crippen LogP contribution in [0, 0.1) is 5.92 Å². The van der Waals surface area contributed by atoms with E-state index in [4.69, 9.17) is 5.73 Å². The molecule has 0 saturated heterocycles. The molecule has 0 aromatic heterocycles. The Hall–Kier alpha value is -0.920. The van der Waals surface area contributed by atoms with Gasteiger partial charge in [0.15, 0.2) is 0 Å². The van der Waals surface area contributed by atoms with Gasteiger partial charge in [0.2, 0.25) is 5.91 Å². The maximum Gasteiger partial charge on any atom is 0.446 e. The molecule has 0 saturated carbocycles. The minimum atomic E-state index is -4.39.